The lowest BCUT2D eigenvalue weighted by Gasteiger charge is -2.34. The first-order valence-electron chi connectivity index (χ1n) is 19.0. The highest BCUT2D eigenvalue weighted by atomic mass is 33.1. The second kappa shape index (κ2) is 16.8. The topological polar surface area (TPSA) is 128 Å². The van der Waals surface area contributed by atoms with Crippen LogP contribution < -0.4 is 19.7 Å². The van der Waals surface area contributed by atoms with Crippen LogP contribution in [0, 0.1) is 24.0 Å². The Balaban J connectivity index is 1.12. The molecule has 4 fully saturated rings. The molecule has 0 spiro atoms. The molecular formula is C40H41F3N6O6S2. The second-order valence-corrected chi connectivity index (χ2v) is 17.4. The summed E-state index contributed by atoms with van der Waals surface area (Å²) in [4.78, 5) is 41.9. The predicted molar refractivity (Wildman–Crippen MR) is 212 cm³/mol. The van der Waals surface area contributed by atoms with Crippen molar-refractivity contribution in [3.63, 3.8) is 0 Å². The van der Waals surface area contributed by atoms with Crippen molar-refractivity contribution in [2.45, 2.75) is 62.8 Å². The molecule has 300 valence electrons. The fraction of sp³-hybridized carbons (Fsp3) is 0.475. The molecule has 17 heteroatoms. The van der Waals surface area contributed by atoms with Crippen molar-refractivity contribution in [2.24, 2.45) is 0 Å². The minimum absolute atomic E-state index is 0.00594. The molecule has 2 bridgehead atoms. The number of rotatable bonds is 13. The maximum atomic E-state index is 17.3. The maximum Gasteiger partial charge on any atom is 0.513 e. The number of terminal acetylenes is 1. The van der Waals surface area contributed by atoms with Crippen LogP contribution in [0.3, 0.4) is 0 Å². The van der Waals surface area contributed by atoms with Gasteiger partial charge in [-0.3, -0.25) is 14.7 Å². The van der Waals surface area contributed by atoms with Crippen molar-refractivity contribution in [3.8, 4) is 35.4 Å². The fourth-order valence-electron chi connectivity index (χ4n) is 8.55. The molecule has 4 aromatic rings. The maximum absolute atomic E-state index is 17.3. The van der Waals surface area contributed by atoms with Crippen molar-refractivity contribution in [1.82, 2.24) is 25.2 Å². The normalized spacial score (nSPS) is 22.8. The highest BCUT2D eigenvalue weighted by molar-refractivity contribution is 8.76. The Hall–Kier alpha value is -4.50. The summed E-state index contributed by atoms with van der Waals surface area (Å²) in [5, 5.41) is 4.54. The van der Waals surface area contributed by atoms with Gasteiger partial charge in [-0.05, 0) is 55.8 Å². The van der Waals surface area contributed by atoms with Crippen molar-refractivity contribution < 1.29 is 41.7 Å². The molecule has 4 aliphatic rings. The number of esters is 1. The monoisotopic (exact) mass is 822 g/mol. The lowest BCUT2D eigenvalue weighted by molar-refractivity contribution is -0.140. The van der Waals surface area contributed by atoms with Crippen LogP contribution in [0.1, 0.15) is 44.6 Å². The third-order valence-corrected chi connectivity index (χ3v) is 13.3. The number of ether oxygens (including phenoxy) is 4. The number of hydrogen-bond donors (Lipinski definition) is 1. The number of nitrogens with one attached hydrogen (secondary N) is 1. The zero-order chi connectivity index (χ0) is 39.7. The van der Waals surface area contributed by atoms with Crippen molar-refractivity contribution in [3.05, 3.63) is 47.7 Å². The van der Waals surface area contributed by atoms with Gasteiger partial charge in [-0.15, -0.1) is 6.42 Å². The Kier molecular flexibility index (Phi) is 11.6. The van der Waals surface area contributed by atoms with Crippen molar-refractivity contribution in [2.75, 3.05) is 62.4 Å². The van der Waals surface area contributed by atoms with Gasteiger partial charge in [-0.1, -0.05) is 33.6 Å². The quantitative estimate of drug-likeness (QED) is 0.0521. The van der Waals surface area contributed by atoms with Crippen LogP contribution in [0.25, 0.3) is 32.9 Å². The molecule has 4 aliphatic heterocycles. The van der Waals surface area contributed by atoms with E-state index in [9.17, 15) is 14.0 Å². The molecule has 0 saturated carbocycles. The predicted octanol–water partition coefficient (Wildman–Crippen LogP) is 6.46. The van der Waals surface area contributed by atoms with Crippen LogP contribution >= 0.6 is 21.6 Å². The van der Waals surface area contributed by atoms with E-state index in [1.807, 2.05) is 0 Å². The van der Waals surface area contributed by atoms with Gasteiger partial charge in [0.05, 0.1) is 16.5 Å². The number of carbonyl (C=O) groups is 2. The Bertz CT molecular complexity index is 2240. The molecule has 12 nitrogen and oxygen atoms in total. The lowest BCUT2D eigenvalue weighted by atomic mass is 9.95. The Morgan fingerprint density at radius 3 is 2.60 bits per heavy atom. The molecular weight excluding hydrogens is 782 g/mol. The van der Waals surface area contributed by atoms with E-state index >= 15 is 8.78 Å². The highest BCUT2D eigenvalue weighted by Gasteiger charge is 2.49. The average molecular weight is 823 g/mol. The fourth-order valence-corrected chi connectivity index (χ4v) is 10.2. The molecule has 2 unspecified atom stereocenters. The number of halogens is 3. The van der Waals surface area contributed by atoms with Gasteiger partial charge in [-0.25, -0.2) is 18.0 Å². The van der Waals surface area contributed by atoms with Gasteiger partial charge in [0.1, 0.15) is 54.6 Å². The second-order valence-electron chi connectivity index (χ2n) is 14.7. The summed E-state index contributed by atoms with van der Waals surface area (Å²) in [6.07, 6.45) is 9.42. The number of aromatic nitrogens is 3. The van der Waals surface area contributed by atoms with Crippen LogP contribution in [0.15, 0.2) is 30.5 Å². The zero-order valence-corrected chi connectivity index (χ0v) is 32.9. The standard InChI is InChI=1S/C40H41F3N6O6S2/c1-3-29-32(42)8-5-24-15-28(55-39(51)53-12-14-57-56-13-11-52-23(2)50)16-30(33(24)29)35-34(43)36-31(18-44-35)37(48-20-26-6-7-27(21-48)45-26)47-38(46-36)54-22-40-9-4-10-49(40)19-25(41)17-40/h1,5,8,15-16,18,25-27,45H,4,6-7,9-14,17,19-22H2,2H3/t25-,26?,27?,40+/m1/s1. The summed E-state index contributed by atoms with van der Waals surface area (Å²) in [6.45, 7) is 4.24. The van der Waals surface area contributed by atoms with Gasteiger partial charge in [0, 0.05) is 73.7 Å². The van der Waals surface area contributed by atoms with E-state index in [2.05, 4.69) is 31.0 Å². The first-order valence-corrected chi connectivity index (χ1v) is 21.4. The van der Waals surface area contributed by atoms with Gasteiger partial charge >= 0.3 is 18.1 Å². The molecule has 1 N–H and O–H groups in total. The number of carbonyl (C=O) groups excluding carboxylic acids is 2. The number of pyridine rings is 1. The third-order valence-electron chi connectivity index (χ3n) is 11.0. The van der Waals surface area contributed by atoms with Crippen LogP contribution in [0.2, 0.25) is 0 Å². The first kappa shape index (κ1) is 39.3. The Morgan fingerprint density at radius 2 is 1.84 bits per heavy atom. The van der Waals surface area contributed by atoms with Crippen molar-refractivity contribution >= 4 is 61.2 Å². The number of piperazine rings is 1. The minimum Gasteiger partial charge on any atom is -0.465 e. The summed E-state index contributed by atoms with van der Waals surface area (Å²) in [7, 11) is 2.90. The largest absolute Gasteiger partial charge is 0.513 e. The van der Waals surface area contributed by atoms with Gasteiger partial charge < -0.3 is 29.2 Å². The summed E-state index contributed by atoms with van der Waals surface area (Å²) in [5.74, 6) is 2.00. The lowest BCUT2D eigenvalue weighted by Crippen LogP contribution is -2.51. The first-order chi connectivity index (χ1) is 27.6. The SMILES string of the molecule is C#Cc1c(F)ccc2cc(OC(=O)OCCSSCCOC(C)=O)cc(-c3ncc4c(N5CC6CCC(C5)N6)nc(OC[C@@]56CCCN5C[C@H](F)C6)nc4c3F)c12. The van der Waals surface area contributed by atoms with Crippen LogP contribution in [-0.2, 0) is 14.3 Å². The molecule has 0 amide bonds. The molecule has 0 aliphatic carbocycles. The number of hydrogen-bond acceptors (Lipinski definition) is 14. The molecule has 57 heavy (non-hydrogen) atoms. The Morgan fingerprint density at radius 1 is 1.07 bits per heavy atom. The van der Waals surface area contributed by atoms with E-state index in [-0.39, 0.29) is 77.4 Å². The van der Waals surface area contributed by atoms with Gasteiger partial charge in [0.25, 0.3) is 0 Å². The molecule has 6 heterocycles. The summed E-state index contributed by atoms with van der Waals surface area (Å²) >= 11 is 0. The van der Waals surface area contributed by atoms with Crippen LogP contribution in [-0.4, -0.2) is 113 Å². The van der Waals surface area contributed by atoms with Gasteiger partial charge in [0.15, 0.2) is 5.82 Å². The van der Waals surface area contributed by atoms with Gasteiger partial charge in [0.2, 0.25) is 0 Å². The van der Waals surface area contributed by atoms with E-state index in [1.54, 1.807) is 0 Å². The molecule has 2 aromatic carbocycles. The molecule has 0 radical (unpaired) electrons. The van der Waals surface area contributed by atoms with E-state index in [1.165, 1.54) is 59.0 Å². The number of benzene rings is 2. The van der Waals surface area contributed by atoms with E-state index < -0.39 is 29.5 Å². The zero-order valence-electron chi connectivity index (χ0n) is 31.2. The summed E-state index contributed by atoms with van der Waals surface area (Å²) in [6, 6.07) is 5.96. The van der Waals surface area contributed by atoms with Crippen LogP contribution in [0.5, 0.6) is 11.8 Å². The highest BCUT2D eigenvalue weighted by Crippen LogP contribution is 2.42. The Labute approximate surface area is 335 Å². The van der Waals surface area contributed by atoms with E-state index in [4.69, 9.17) is 30.4 Å². The average Bonchev–Trinajstić information content (AvgIpc) is 3.84. The number of nitrogens with zero attached hydrogens (tertiary/aromatic N) is 5. The van der Waals surface area contributed by atoms with E-state index in [0.29, 0.717) is 54.2 Å². The smallest absolute Gasteiger partial charge is 0.465 e. The molecule has 8 rings (SSSR count). The summed E-state index contributed by atoms with van der Waals surface area (Å²) < 4.78 is 69.1. The van der Waals surface area contributed by atoms with Crippen molar-refractivity contribution in [1.29, 1.82) is 0 Å². The number of alkyl halides is 1. The van der Waals surface area contributed by atoms with E-state index in [0.717, 1.165) is 32.2 Å². The molecule has 4 saturated heterocycles. The molecule has 2 aromatic heterocycles. The molecule has 4 atom stereocenters. The number of fused-ring (bicyclic) bond motifs is 5. The minimum atomic E-state index is -0.997. The third kappa shape index (κ3) is 8.27. The number of anilines is 1. The van der Waals surface area contributed by atoms with Gasteiger partial charge in [-0.2, -0.15) is 9.97 Å². The van der Waals surface area contributed by atoms with Crippen LogP contribution in [0.4, 0.5) is 23.8 Å². The summed E-state index contributed by atoms with van der Waals surface area (Å²) in [5.41, 5.74) is -0.794.